The van der Waals surface area contributed by atoms with E-state index in [4.69, 9.17) is 29.7 Å². The number of nitrogens with zero attached hydrogens (tertiary/aromatic N) is 1. The molecule has 142 valence electrons. The average Bonchev–Trinajstić information content (AvgIpc) is 3.21. The second-order valence-electron chi connectivity index (χ2n) is 5.36. The van der Waals surface area contributed by atoms with Crippen molar-refractivity contribution in [1.29, 1.82) is 0 Å². The van der Waals surface area contributed by atoms with Gasteiger partial charge in [-0.25, -0.2) is 9.79 Å². The van der Waals surface area contributed by atoms with E-state index in [1.54, 1.807) is 19.1 Å². The van der Waals surface area contributed by atoms with Crippen LogP contribution in [0.5, 0.6) is 11.5 Å². The molecule has 0 radical (unpaired) electrons. The fourth-order valence-electron chi connectivity index (χ4n) is 2.24. The molecule has 8 nitrogen and oxygen atoms in total. The maximum absolute atomic E-state index is 12.0. The fraction of sp³-hybridized carbons (Fsp3) is 0.176. The zero-order chi connectivity index (χ0) is 19.6. The zero-order valence-corrected chi connectivity index (χ0v) is 15.8. The third-order valence-corrected chi connectivity index (χ3v) is 3.97. The smallest absolute Gasteiger partial charge is 0.363 e. The Hall–Kier alpha value is -2.78. The minimum absolute atomic E-state index is 0.000160. The van der Waals surface area contributed by atoms with Crippen molar-refractivity contribution < 1.29 is 31.3 Å². The van der Waals surface area contributed by atoms with E-state index in [0.29, 0.717) is 11.3 Å². The average molecular weight is 412 g/mol. The van der Waals surface area contributed by atoms with Gasteiger partial charge < -0.3 is 18.1 Å². The highest BCUT2D eigenvalue weighted by molar-refractivity contribution is 7.86. The first-order chi connectivity index (χ1) is 12.8. The fourth-order valence-corrected chi connectivity index (χ4v) is 3.02. The highest BCUT2D eigenvalue weighted by atomic mass is 35.5. The number of carbonyl (C=O) groups is 1. The van der Waals surface area contributed by atoms with Crippen molar-refractivity contribution >= 4 is 39.7 Å². The van der Waals surface area contributed by atoms with Gasteiger partial charge in [-0.05, 0) is 42.8 Å². The Morgan fingerprint density at radius 1 is 1.33 bits per heavy atom. The van der Waals surface area contributed by atoms with Gasteiger partial charge in [0.2, 0.25) is 5.75 Å². The van der Waals surface area contributed by atoms with Crippen LogP contribution >= 0.6 is 11.6 Å². The van der Waals surface area contributed by atoms with Crippen LogP contribution in [-0.4, -0.2) is 33.1 Å². The summed E-state index contributed by atoms with van der Waals surface area (Å²) in [5.74, 6) is -0.311. The van der Waals surface area contributed by atoms with Gasteiger partial charge in [0.05, 0.1) is 24.1 Å². The van der Waals surface area contributed by atoms with Crippen LogP contribution in [0.4, 0.5) is 0 Å². The number of carbonyl (C=O) groups excluding carboxylic acids is 1. The van der Waals surface area contributed by atoms with Gasteiger partial charge in [-0.3, -0.25) is 0 Å². The molecule has 2 aromatic rings. The number of furan rings is 1. The monoisotopic (exact) mass is 411 g/mol. The molecule has 0 amide bonds. The Balaban J connectivity index is 1.99. The van der Waals surface area contributed by atoms with Gasteiger partial charge in [0.15, 0.2) is 17.2 Å². The Kier molecular flexibility index (Phi) is 5.24. The number of ether oxygens (including phenoxy) is 2. The Morgan fingerprint density at radius 2 is 2.11 bits per heavy atom. The van der Waals surface area contributed by atoms with Crippen LogP contribution in [0.1, 0.15) is 18.2 Å². The number of halogens is 1. The molecule has 3 rings (SSSR count). The molecule has 2 heterocycles. The SMILES string of the molecule is CCOc1cc(C=C2N=C(c3ccco3)OC2=O)cc(Cl)c1OS(C)(=O)=O. The highest BCUT2D eigenvalue weighted by Gasteiger charge is 2.26. The van der Waals surface area contributed by atoms with Crippen molar-refractivity contribution in [2.75, 3.05) is 12.9 Å². The lowest BCUT2D eigenvalue weighted by Crippen LogP contribution is -2.08. The molecule has 1 aliphatic heterocycles. The van der Waals surface area contributed by atoms with Crippen LogP contribution in [0.15, 0.2) is 45.6 Å². The van der Waals surface area contributed by atoms with Crippen LogP contribution in [0, 0.1) is 0 Å². The van der Waals surface area contributed by atoms with E-state index in [9.17, 15) is 13.2 Å². The van der Waals surface area contributed by atoms with Crippen LogP contribution < -0.4 is 8.92 Å². The third kappa shape index (κ3) is 4.50. The van der Waals surface area contributed by atoms with Crippen molar-refractivity contribution in [3.63, 3.8) is 0 Å². The Labute approximate surface area is 160 Å². The van der Waals surface area contributed by atoms with Gasteiger partial charge in [-0.2, -0.15) is 8.42 Å². The minimum Gasteiger partial charge on any atom is -0.490 e. The molecule has 0 atom stereocenters. The van der Waals surface area contributed by atoms with Crippen LogP contribution in [-0.2, 0) is 19.6 Å². The molecular formula is C17H14ClNO7S. The summed E-state index contributed by atoms with van der Waals surface area (Å²) in [5, 5.41) is -0.000160. The molecule has 0 fully saturated rings. The second-order valence-corrected chi connectivity index (χ2v) is 7.35. The lowest BCUT2D eigenvalue weighted by Gasteiger charge is -2.12. The molecule has 0 saturated carbocycles. The number of benzene rings is 1. The van der Waals surface area contributed by atoms with Crippen LogP contribution in [0.2, 0.25) is 5.02 Å². The highest BCUT2D eigenvalue weighted by Crippen LogP contribution is 2.38. The molecule has 0 aliphatic carbocycles. The number of esters is 1. The summed E-state index contributed by atoms with van der Waals surface area (Å²) >= 11 is 6.14. The summed E-state index contributed by atoms with van der Waals surface area (Å²) < 4.78 is 43.4. The predicted molar refractivity (Wildman–Crippen MR) is 97.4 cm³/mol. The van der Waals surface area contributed by atoms with Gasteiger partial charge in [0.25, 0.3) is 5.90 Å². The van der Waals surface area contributed by atoms with E-state index in [0.717, 1.165) is 6.26 Å². The summed E-state index contributed by atoms with van der Waals surface area (Å²) in [7, 11) is -3.80. The molecular weight excluding hydrogens is 398 g/mol. The van der Waals surface area contributed by atoms with Crippen LogP contribution in [0.25, 0.3) is 6.08 Å². The second kappa shape index (κ2) is 7.45. The molecule has 1 aliphatic rings. The summed E-state index contributed by atoms with van der Waals surface area (Å²) in [6, 6.07) is 6.15. The van der Waals surface area contributed by atoms with Crippen LogP contribution in [0.3, 0.4) is 0 Å². The lowest BCUT2D eigenvalue weighted by molar-refractivity contribution is -0.130. The van der Waals surface area contributed by atoms with Crippen molar-refractivity contribution in [3.05, 3.63) is 52.6 Å². The van der Waals surface area contributed by atoms with Gasteiger partial charge in [-0.1, -0.05) is 11.6 Å². The molecule has 0 N–H and O–H groups in total. The normalized spacial score (nSPS) is 15.6. The minimum atomic E-state index is -3.80. The van der Waals surface area contributed by atoms with E-state index < -0.39 is 16.1 Å². The number of cyclic esters (lactones) is 1. The van der Waals surface area contributed by atoms with Gasteiger partial charge in [0, 0.05) is 0 Å². The molecule has 0 spiro atoms. The predicted octanol–water partition coefficient (Wildman–Crippen LogP) is 3.01. The van der Waals surface area contributed by atoms with Crippen molar-refractivity contribution in [2.45, 2.75) is 6.92 Å². The number of hydrogen-bond donors (Lipinski definition) is 0. The van der Waals surface area contributed by atoms with Crippen molar-refractivity contribution in [2.24, 2.45) is 4.99 Å². The summed E-state index contributed by atoms with van der Waals surface area (Å²) in [6.45, 7) is 1.97. The molecule has 27 heavy (non-hydrogen) atoms. The van der Waals surface area contributed by atoms with E-state index in [2.05, 4.69) is 4.99 Å². The van der Waals surface area contributed by atoms with Gasteiger partial charge in [-0.15, -0.1) is 0 Å². The Bertz CT molecular complexity index is 1040. The molecule has 0 bridgehead atoms. The largest absolute Gasteiger partial charge is 0.490 e. The molecule has 1 aromatic heterocycles. The molecule has 10 heteroatoms. The quantitative estimate of drug-likeness (QED) is 0.408. The molecule has 1 aromatic carbocycles. The van der Waals surface area contributed by atoms with E-state index >= 15 is 0 Å². The van der Waals surface area contributed by atoms with Gasteiger partial charge in [0.1, 0.15) is 0 Å². The Morgan fingerprint density at radius 3 is 2.74 bits per heavy atom. The van der Waals surface area contributed by atoms with Gasteiger partial charge >= 0.3 is 16.1 Å². The summed E-state index contributed by atoms with van der Waals surface area (Å²) in [5.41, 5.74) is 0.470. The van der Waals surface area contributed by atoms with E-state index in [-0.39, 0.29) is 34.7 Å². The topological polar surface area (TPSA) is 104 Å². The lowest BCUT2D eigenvalue weighted by atomic mass is 10.1. The van der Waals surface area contributed by atoms with Crippen molar-refractivity contribution in [3.8, 4) is 11.5 Å². The molecule has 0 saturated heterocycles. The maximum Gasteiger partial charge on any atom is 0.363 e. The first-order valence-electron chi connectivity index (χ1n) is 7.69. The van der Waals surface area contributed by atoms with Crippen molar-refractivity contribution in [1.82, 2.24) is 0 Å². The van der Waals surface area contributed by atoms with E-state index in [1.165, 1.54) is 24.5 Å². The van der Waals surface area contributed by atoms with E-state index in [1.807, 2.05) is 0 Å². The molecule has 0 unspecified atom stereocenters. The summed E-state index contributed by atoms with van der Waals surface area (Å²) in [6.07, 6.45) is 3.76. The summed E-state index contributed by atoms with van der Waals surface area (Å²) in [4.78, 5) is 16.1. The number of aliphatic imine (C=N–C) groups is 1. The number of hydrogen-bond acceptors (Lipinski definition) is 8. The first-order valence-corrected chi connectivity index (χ1v) is 9.88. The first kappa shape index (κ1) is 19.0. The number of rotatable bonds is 6. The standard InChI is InChI=1S/C17H14ClNO7S/c1-3-23-14-9-10(7-11(18)15(14)26-27(2,21)22)8-12-17(20)25-16(19-12)13-5-4-6-24-13/h4-9H,3H2,1-2H3. The maximum atomic E-state index is 12.0. The third-order valence-electron chi connectivity index (χ3n) is 3.22. The zero-order valence-electron chi connectivity index (χ0n) is 14.3.